The lowest BCUT2D eigenvalue weighted by Crippen LogP contribution is -2.30. The van der Waals surface area contributed by atoms with Crippen LogP contribution in [0.1, 0.15) is 24.4 Å². The monoisotopic (exact) mass is 278 g/mol. The van der Waals surface area contributed by atoms with E-state index in [0.717, 1.165) is 18.4 Å². The molecule has 1 aliphatic rings. The standard InChI is InChI=1S/C12H14N4O2S/c17-19(18,11-8-14-15-9-11)16-7-1-2-12(16)10-3-5-13-6-4-10/h3-6,8-9,12H,1-2,7H2,(H,14,15). The van der Waals surface area contributed by atoms with Crippen molar-refractivity contribution >= 4 is 10.0 Å². The number of hydrogen-bond donors (Lipinski definition) is 1. The predicted molar refractivity (Wildman–Crippen MR) is 68.7 cm³/mol. The van der Waals surface area contributed by atoms with E-state index in [2.05, 4.69) is 15.2 Å². The van der Waals surface area contributed by atoms with E-state index in [4.69, 9.17) is 0 Å². The van der Waals surface area contributed by atoms with Crippen LogP contribution >= 0.6 is 0 Å². The SMILES string of the molecule is O=S(=O)(c1cn[nH]c1)N1CCCC1c1ccncc1. The second kappa shape index (κ2) is 4.75. The van der Waals surface area contributed by atoms with E-state index in [1.807, 2.05) is 12.1 Å². The number of nitrogens with one attached hydrogen (secondary N) is 1. The van der Waals surface area contributed by atoms with Gasteiger partial charge in [-0.3, -0.25) is 10.1 Å². The first kappa shape index (κ1) is 12.3. The minimum atomic E-state index is -3.47. The minimum absolute atomic E-state index is 0.108. The second-order valence-electron chi connectivity index (χ2n) is 4.49. The minimum Gasteiger partial charge on any atom is -0.284 e. The molecule has 2 aromatic heterocycles. The molecule has 100 valence electrons. The van der Waals surface area contributed by atoms with Crippen molar-refractivity contribution in [2.24, 2.45) is 0 Å². The van der Waals surface area contributed by atoms with Gasteiger partial charge in [-0.05, 0) is 30.5 Å². The van der Waals surface area contributed by atoms with Gasteiger partial charge in [0.1, 0.15) is 4.90 Å². The summed E-state index contributed by atoms with van der Waals surface area (Å²) in [5.41, 5.74) is 0.986. The molecule has 1 unspecified atom stereocenters. The van der Waals surface area contributed by atoms with Crippen molar-refractivity contribution in [3.63, 3.8) is 0 Å². The van der Waals surface area contributed by atoms with Gasteiger partial charge in [0, 0.05) is 25.1 Å². The molecular formula is C12H14N4O2S. The highest BCUT2D eigenvalue weighted by atomic mass is 32.2. The molecule has 0 aromatic carbocycles. The molecule has 3 rings (SSSR count). The quantitative estimate of drug-likeness (QED) is 0.918. The maximum Gasteiger partial charge on any atom is 0.246 e. The van der Waals surface area contributed by atoms with Gasteiger partial charge in [-0.1, -0.05) is 0 Å². The Bertz CT molecular complexity index is 640. The van der Waals surface area contributed by atoms with Crippen molar-refractivity contribution in [2.45, 2.75) is 23.8 Å². The predicted octanol–water partition coefficient (Wildman–Crippen LogP) is 1.33. The molecule has 3 heterocycles. The number of sulfonamides is 1. The van der Waals surface area contributed by atoms with E-state index in [1.165, 1.54) is 12.4 Å². The fourth-order valence-corrected chi connectivity index (χ4v) is 4.05. The zero-order valence-corrected chi connectivity index (χ0v) is 11.0. The summed E-state index contributed by atoms with van der Waals surface area (Å²) in [6, 6.07) is 3.63. The van der Waals surface area contributed by atoms with Crippen molar-refractivity contribution in [3.8, 4) is 0 Å². The first-order chi connectivity index (χ1) is 9.19. The molecule has 0 bridgehead atoms. The smallest absolute Gasteiger partial charge is 0.246 e. The molecule has 1 fully saturated rings. The summed E-state index contributed by atoms with van der Waals surface area (Å²) in [6.07, 6.45) is 7.84. The molecule has 0 saturated carbocycles. The summed E-state index contributed by atoms with van der Waals surface area (Å²) in [5, 5.41) is 6.26. The van der Waals surface area contributed by atoms with Gasteiger partial charge in [0.2, 0.25) is 10.0 Å². The van der Waals surface area contributed by atoms with Crippen molar-refractivity contribution in [3.05, 3.63) is 42.5 Å². The van der Waals surface area contributed by atoms with E-state index < -0.39 is 10.0 Å². The van der Waals surface area contributed by atoms with Crippen LogP contribution in [0.2, 0.25) is 0 Å². The maximum atomic E-state index is 12.5. The Labute approximate surface area is 111 Å². The molecule has 1 N–H and O–H groups in total. The number of nitrogens with zero attached hydrogens (tertiary/aromatic N) is 3. The Hall–Kier alpha value is -1.73. The molecule has 6 nitrogen and oxygen atoms in total. The van der Waals surface area contributed by atoms with E-state index in [-0.39, 0.29) is 10.9 Å². The fraction of sp³-hybridized carbons (Fsp3) is 0.333. The van der Waals surface area contributed by atoms with E-state index in [1.54, 1.807) is 16.7 Å². The largest absolute Gasteiger partial charge is 0.284 e. The normalized spacial score (nSPS) is 20.7. The highest BCUT2D eigenvalue weighted by molar-refractivity contribution is 7.89. The lowest BCUT2D eigenvalue weighted by atomic mass is 10.1. The summed E-state index contributed by atoms with van der Waals surface area (Å²) in [6.45, 7) is 0.542. The van der Waals surface area contributed by atoms with Crippen LogP contribution in [-0.4, -0.2) is 34.4 Å². The van der Waals surface area contributed by atoms with Gasteiger partial charge in [-0.15, -0.1) is 0 Å². The summed E-state index contributed by atoms with van der Waals surface area (Å²) < 4.78 is 26.6. The van der Waals surface area contributed by atoms with E-state index >= 15 is 0 Å². The number of H-pyrrole nitrogens is 1. The molecular weight excluding hydrogens is 264 g/mol. The van der Waals surface area contributed by atoms with Gasteiger partial charge < -0.3 is 0 Å². The lowest BCUT2D eigenvalue weighted by molar-refractivity contribution is 0.396. The third kappa shape index (κ3) is 2.15. The topological polar surface area (TPSA) is 79.0 Å². The molecule has 0 spiro atoms. The lowest BCUT2D eigenvalue weighted by Gasteiger charge is -2.23. The van der Waals surface area contributed by atoms with Crippen molar-refractivity contribution < 1.29 is 8.42 Å². The third-order valence-electron chi connectivity index (χ3n) is 3.37. The first-order valence-electron chi connectivity index (χ1n) is 6.10. The van der Waals surface area contributed by atoms with Gasteiger partial charge in [0.15, 0.2) is 0 Å². The number of aromatic amines is 1. The summed E-state index contributed by atoms with van der Waals surface area (Å²) in [7, 11) is -3.47. The summed E-state index contributed by atoms with van der Waals surface area (Å²) in [4.78, 5) is 4.19. The van der Waals surface area contributed by atoms with Crippen LogP contribution in [0.4, 0.5) is 0 Å². The third-order valence-corrected chi connectivity index (χ3v) is 5.25. The molecule has 7 heteroatoms. The molecule has 1 atom stereocenters. The summed E-state index contributed by atoms with van der Waals surface area (Å²) in [5.74, 6) is 0. The molecule has 0 aliphatic carbocycles. The Morgan fingerprint density at radius 2 is 2.11 bits per heavy atom. The van der Waals surface area contributed by atoms with Crippen LogP contribution < -0.4 is 0 Å². The van der Waals surface area contributed by atoms with Crippen LogP contribution in [0.25, 0.3) is 0 Å². The van der Waals surface area contributed by atoms with Crippen molar-refractivity contribution in [1.82, 2.24) is 19.5 Å². The molecule has 1 saturated heterocycles. The fourth-order valence-electron chi connectivity index (χ4n) is 2.46. The average Bonchev–Trinajstić information content (AvgIpc) is 3.11. The molecule has 19 heavy (non-hydrogen) atoms. The van der Waals surface area contributed by atoms with Crippen molar-refractivity contribution in [2.75, 3.05) is 6.54 Å². The summed E-state index contributed by atoms with van der Waals surface area (Å²) >= 11 is 0. The van der Waals surface area contributed by atoms with Crippen LogP contribution in [0.3, 0.4) is 0 Å². The Morgan fingerprint density at radius 3 is 2.79 bits per heavy atom. The zero-order valence-electron chi connectivity index (χ0n) is 10.2. The van der Waals surface area contributed by atoms with Gasteiger partial charge >= 0.3 is 0 Å². The highest BCUT2D eigenvalue weighted by Gasteiger charge is 2.36. The molecule has 0 amide bonds. The molecule has 2 aromatic rings. The number of hydrogen-bond acceptors (Lipinski definition) is 4. The Morgan fingerprint density at radius 1 is 1.32 bits per heavy atom. The highest BCUT2D eigenvalue weighted by Crippen LogP contribution is 2.35. The molecule has 1 aliphatic heterocycles. The first-order valence-corrected chi connectivity index (χ1v) is 7.54. The van der Waals surface area contributed by atoms with Crippen LogP contribution in [-0.2, 0) is 10.0 Å². The van der Waals surface area contributed by atoms with E-state index in [0.29, 0.717) is 6.54 Å². The van der Waals surface area contributed by atoms with Gasteiger partial charge in [0.25, 0.3) is 0 Å². The number of pyridine rings is 1. The van der Waals surface area contributed by atoms with Crippen LogP contribution in [0, 0.1) is 0 Å². The van der Waals surface area contributed by atoms with E-state index in [9.17, 15) is 8.42 Å². The number of rotatable bonds is 3. The van der Waals surface area contributed by atoms with Crippen molar-refractivity contribution in [1.29, 1.82) is 0 Å². The number of aromatic nitrogens is 3. The second-order valence-corrected chi connectivity index (χ2v) is 6.38. The average molecular weight is 278 g/mol. The Balaban J connectivity index is 1.97. The van der Waals surface area contributed by atoms with Gasteiger partial charge in [-0.25, -0.2) is 8.42 Å². The Kier molecular flexibility index (Phi) is 3.08. The maximum absolute atomic E-state index is 12.5. The molecule has 0 radical (unpaired) electrons. The van der Waals surface area contributed by atoms with Gasteiger partial charge in [-0.2, -0.15) is 9.40 Å². The van der Waals surface area contributed by atoms with Crippen LogP contribution in [0.5, 0.6) is 0 Å². The van der Waals surface area contributed by atoms with Gasteiger partial charge in [0.05, 0.1) is 12.2 Å². The van der Waals surface area contributed by atoms with Crippen LogP contribution in [0.15, 0.2) is 41.8 Å². The zero-order chi connectivity index (χ0) is 13.3.